The number of unbranched alkanes of at least 4 members (excludes halogenated alkanes) is 1. The molecule has 2 amide bonds. The number of nitrogens with zero attached hydrogens (tertiary/aromatic N) is 3. The van der Waals surface area contributed by atoms with Crippen molar-refractivity contribution in [2.24, 2.45) is 5.92 Å². The molecule has 0 radical (unpaired) electrons. The second-order valence-electron chi connectivity index (χ2n) is 10.2. The minimum Gasteiger partial charge on any atom is -0.494 e. The summed E-state index contributed by atoms with van der Waals surface area (Å²) in [7, 11) is 1.92. The SMILES string of the molecule is CCCCOc1ccc(C(=O)N2CCC(N3CCC(C(=O)N(C)Cc4ccccc4)CC3)CC2)cc1. The van der Waals surface area contributed by atoms with Crippen LogP contribution in [0.2, 0.25) is 0 Å². The molecule has 0 N–H and O–H groups in total. The van der Waals surface area contributed by atoms with Crippen molar-refractivity contribution in [1.29, 1.82) is 0 Å². The second kappa shape index (κ2) is 12.9. The third-order valence-electron chi connectivity index (χ3n) is 7.65. The number of rotatable bonds is 9. The molecule has 6 nitrogen and oxygen atoms in total. The molecule has 0 saturated carbocycles. The highest BCUT2D eigenvalue weighted by atomic mass is 16.5. The van der Waals surface area contributed by atoms with Gasteiger partial charge in [-0.25, -0.2) is 0 Å². The molecule has 2 saturated heterocycles. The van der Waals surface area contributed by atoms with Crippen LogP contribution < -0.4 is 4.74 Å². The molecular weight excluding hydrogens is 450 g/mol. The van der Waals surface area contributed by atoms with Gasteiger partial charge in [0.1, 0.15) is 5.75 Å². The Kier molecular flexibility index (Phi) is 9.40. The summed E-state index contributed by atoms with van der Waals surface area (Å²) in [6.45, 7) is 7.04. The van der Waals surface area contributed by atoms with E-state index in [9.17, 15) is 9.59 Å². The summed E-state index contributed by atoms with van der Waals surface area (Å²) >= 11 is 0. The van der Waals surface area contributed by atoms with E-state index in [1.165, 1.54) is 5.56 Å². The minimum absolute atomic E-state index is 0.110. The van der Waals surface area contributed by atoms with Gasteiger partial charge in [-0.15, -0.1) is 0 Å². The summed E-state index contributed by atoms with van der Waals surface area (Å²) < 4.78 is 5.72. The number of hydrogen-bond acceptors (Lipinski definition) is 4. The maximum absolute atomic E-state index is 13.0. The number of benzene rings is 2. The Hall–Kier alpha value is -2.86. The lowest BCUT2D eigenvalue weighted by Gasteiger charge is -2.42. The van der Waals surface area contributed by atoms with Gasteiger partial charge in [0.15, 0.2) is 0 Å². The van der Waals surface area contributed by atoms with Crippen molar-refractivity contribution in [2.75, 3.05) is 39.8 Å². The Bertz CT molecular complexity index is 963. The van der Waals surface area contributed by atoms with E-state index >= 15 is 0 Å². The summed E-state index contributed by atoms with van der Waals surface area (Å²) in [6, 6.07) is 18.2. The van der Waals surface area contributed by atoms with E-state index in [-0.39, 0.29) is 17.7 Å². The van der Waals surface area contributed by atoms with Crippen LogP contribution in [-0.2, 0) is 11.3 Å². The molecular formula is C30H41N3O3. The van der Waals surface area contributed by atoms with Crippen molar-refractivity contribution in [3.8, 4) is 5.75 Å². The Morgan fingerprint density at radius 3 is 2.22 bits per heavy atom. The Morgan fingerprint density at radius 2 is 1.58 bits per heavy atom. The molecule has 2 heterocycles. The molecule has 194 valence electrons. The number of carbonyl (C=O) groups excluding carboxylic acids is 2. The van der Waals surface area contributed by atoms with E-state index < -0.39 is 0 Å². The molecule has 2 aromatic carbocycles. The zero-order chi connectivity index (χ0) is 25.3. The summed E-state index contributed by atoms with van der Waals surface area (Å²) in [5, 5.41) is 0. The Labute approximate surface area is 216 Å². The molecule has 6 heteroatoms. The van der Waals surface area contributed by atoms with Crippen LogP contribution >= 0.6 is 0 Å². The standard InChI is InChI=1S/C30H41N3O3/c1-3-4-22-36-28-12-10-25(11-13-28)30(35)33-20-16-27(17-21-33)32-18-14-26(15-19-32)29(34)31(2)23-24-8-6-5-7-9-24/h5-13,26-27H,3-4,14-23H2,1-2H3. The third kappa shape index (κ3) is 6.88. The van der Waals surface area contributed by atoms with Gasteiger partial charge in [0.05, 0.1) is 6.61 Å². The number of carbonyl (C=O) groups is 2. The maximum Gasteiger partial charge on any atom is 0.253 e. The van der Waals surface area contributed by atoms with Crippen molar-refractivity contribution in [3.05, 3.63) is 65.7 Å². The van der Waals surface area contributed by atoms with E-state index in [1.54, 1.807) is 0 Å². The lowest BCUT2D eigenvalue weighted by molar-refractivity contribution is -0.136. The predicted octanol–water partition coefficient (Wildman–Crippen LogP) is 4.84. The minimum atomic E-state index is 0.110. The molecule has 2 aliphatic heterocycles. The van der Waals surface area contributed by atoms with Gasteiger partial charge in [0, 0.05) is 44.2 Å². The Morgan fingerprint density at radius 1 is 0.917 bits per heavy atom. The highest BCUT2D eigenvalue weighted by molar-refractivity contribution is 5.94. The van der Waals surface area contributed by atoms with E-state index in [4.69, 9.17) is 4.74 Å². The first-order chi connectivity index (χ1) is 17.5. The lowest BCUT2D eigenvalue weighted by Crippen LogP contribution is -2.50. The smallest absolute Gasteiger partial charge is 0.253 e. The fourth-order valence-corrected chi connectivity index (χ4v) is 5.40. The number of piperidine rings is 2. The van der Waals surface area contributed by atoms with Gasteiger partial charge in [-0.2, -0.15) is 0 Å². The fraction of sp³-hybridized carbons (Fsp3) is 0.533. The molecule has 4 rings (SSSR count). The molecule has 2 fully saturated rings. The van der Waals surface area contributed by atoms with Crippen molar-refractivity contribution < 1.29 is 14.3 Å². The average Bonchev–Trinajstić information content (AvgIpc) is 2.93. The first-order valence-corrected chi connectivity index (χ1v) is 13.6. The molecule has 0 aromatic heterocycles. The first kappa shape index (κ1) is 26.2. The van der Waals surface area contributed by atoms with Crippen LogP contribution in [0.25, 0.3) is 0 Å². The van der Waals surface area contributed by atoms with Gasteiger partial charge in [0.25, 0.3) is 5.91 Å². The highest BCUT2D eigenvalue weighted by Gasteiger charge is 2.32. The molecule has 2 aliphatic rings. The zero-order valence-corrected chi connectivity index (χ0v) is 21.9. The van der Waals surface area contributed by atoms with Crippen LogP contribution in [0.4, 0.5) is 0 Å². The summed E-state index contributed by atoms with van der Waals surface area (Å²) in [5.41, 5.74) is 1.90. The topological polar surface area (TPSA) is 53.1 Å². The van der Waals surface area contributed by atoms with E-state index in [2.05, 4.69) is 24.0 Å². The Balaban J connectivity index is 1.19. The van der Waals surface area contributed by atoms with Gasteiger partial charge in [-0.1, -0.05) is 43.7 Å². The van der Waals surface area contributed by atoms with Crippen molar-refractivity contribution in [2.45, 2.75) is 58.0 Å². The van der Waals surface area contributed by atoms with Gasteiger partial charge in [0.2, 0.25) is 5.91 Å². The van der Waals surface area contributed by atoms with Gasteiger partial charge >= 0.3 is 0 Å². The van der Waals surface area contributed by atoms with E-state index in [0.717, 1.165) is 76.0 Å². The van der Waals surface area contributed by atoms with Crippen LogP contribution in [0.3, 0.4) is 0 Å². The summed E-state index contributed by atoms with van der Waals surface area (Å²) in [4.78, 5) is 32.4. The van der Waals surface area contributed by atoms with Crippen LogP contribution in [0.15, 0.2) is 54.6 Å². The highest BCUT2D eigenvalue weighted by Crippen LogP contribution is 2.26. The molecule has 0 unspecified atom stereocenters. The van der Waals surface area contributed by atoms with Crippen molar-refractivity contribution in [1.82, 2.24) is 14.7 Å². The molecule has 36 heavy (non-hydrogen) atoms. The van der Waals surface area contributed by atoms with E-state index in [1.807, 2.05) is 59.3 Å². The summed E-state index contributed by atoms with van der Waals surface area (Å²) in [6.07, 6.45) is 5.98. The monoisotopic (exact) mass is 491 g/mol. The van der Waals surface area contributed by atoms with Crippen LogP contribution in [-0.4, -0.2) is 72.4 Å². The third-order valence-corrected chi connectivity index (χ3v) is 7.65. The first-order valence-electron chi connectivity index (χ1n) is 13.6. The molecule has 0 spiro atoms. The quantitative estimate of drug-likeness (QED) is 0.471. The van der Waals surface area contributed by atoms with Crippen LogP contribution in [0, 0.1) is 5.92 Å². The molecule has 2 aromatic rings. The number of ether oxygens (including phenoxy) is 1. The summed E-state index contributed by atoms with van der Waals surface area (Å²) in [5.74, 6) is 1.32. The second-order valence-corrected chi connectivity index (χ2v) is 10.2. The number of likely N-dealkylation sites (tertiary alicyclic amines) is 2. The van der Waals surface area contributed by atoms with Crippen molar-refractivity contribution in [3.63, 3.8) is 0 Å². The zero-order valence-electron chi connectivity index (χ0n) is 21.9. The largest absolute Gasteiger partial charge is 0.494 e. The predicted molar refractivity (Wildman–Crippen MR) is 143 cm³/mol. The van der Waals surface area contributed by atoms with Crippen LogP contribution in [0.5, 0.6) is 5.75 Å². The maximum atomic E-state index is 13.0. The number of hydrogen-bond donors (Lipinski definition) is 0. The molecule has 0 bridgehead atoms. The average molecular weight is 492 g/mol. The van der Waals surface area contributed by atoms with Gasteiger partial charge in [-0.3, -0.25) is 9.59 Å². The number of amides is 2. The van der Waals surface area contributed by atoms with Gasteiger partial charge < -0.3 is 19.4 Å². The van der Waals surface area contributed by atoms with E-state index in [0.29, 0.717) is 19.2 Å². The molecule has 0 aliphatic carbocycles. The normalized spacial score (nSPS) is 17.7. The van der Waals surface area contributed by atoms with Crippen LogP contribution in [0.1, 0.15) is 61.4 Å². The fourth-order valence-electron chi connectivity index (χ4n) is 5.40. The van der Waals surface area contributed by atoms with Crippen molar-refractivity contribution >= 4 is 11.8 Å². The van der Waals surface area contributed by atoms with Gasteiger partial charge in [-0.05, 0) is 75.0 Å². The lowest BCUT2D eigenvalue weighted by atomic mass is 9.92. The molecule has 0 atom stereocenters.